The molecule has 5 heteroatoms. The van der Waals surface area contributed by atoms with Crippen LogP contribution in [-0.4, -0.2) is 0 Å². The van der Waals surface area contributed by atoms with Gasteiger partial charge in [0.1, 0.15) is 22.1 Å². The van der Waals surface area contributed by atoms with E-state index in [-0.39, 0.29) is 6.15 Å². The Kier molecular flexibility index (Phi) is 3.12. The highest BCUT2D eigenvalue weighted by molar-refractivity contribution is 8.74. The molecule has 0 aromatic rings. The molecule has 0 bridgehead atoms. The maximum atomic E-state index is 4.10. The first-order chi connectivity index (χ1) is 2.00. The molecule has 1 aliphatic rings. The Hall–Kier alpha value is 0.580. The number of quaternary nitrogens is 1. The second kappa shape index (κ2) is 2.80. The van der Waals surface area contributed by atoms with Crippen molar-refractivity contribution in [3.63, 3.8) is 0 Å². The summed E-state index contributed by atoms with van der Waals surface area (Å²) in [6.45, 7) is 0. The number of rotatable bonds is 0. The first kappa shape index (κ1) is 5.58. The minimum Gasteiger partial charge on any atom is -0.369 e. The standard InChI is InChI=1S/H3N.O2S2/c;1-2-4-3-1/h1H3;/p+1. The van der Waals surface area contributed by atoms with Crippen LogP contribution in [0.25, 0.3) is 0 Å². The topological polar surface area (TPSA) is 55.0 Å². The molecule has 0 unspecified atom stereocenters. The molecule has 0 spiro atoms. The van der Waals surface area contributed by atoms with Crippen LogP contribution in [0.5, 0.6) is 0 Å². The molecule has 0 radical (unpaired) electrons. The van der Waals surface area contributed by atoms with Gasteiger partial charge < -0.3 is 6.15 Å². The molecular formula is H4NO2S2+. The highest BCUT2D eigenvalue weighted by atomic mass is 33.1. The molecule has 0 amide bonds. The first-order valence-electron chi connectivity index (χ1n) is 0.667. The van der Waals surface area contributed by atoms with Crippen LogP contribution in [0.15, 0.2) is 0 Å². The van der Waals surface area contributed by atoms with Crippen molar-refractivity contribution in [1.29, 1.82) is 0 Å². The van der Waals surface area contributed by atoms with Gasteiger partial charge in [-0.2, -0.15) is 0 Å². The van der Waals surface area contributed by atoms with Gasteiger partial charge in [0.2, 0.25) is 0 Å². The molecule has 0 aromatic carbocycles. The van der Waals surface area contributed by atoms with Crippen LogP contribution in [0.2, 0.25) is 0 Å². The summed E-state index contributed by atoms with van der Waals surface area (Å²) in [7, 11) is 0. The minimum absolute atomic E-state index is 0. The van der Waals surface area contributed by atoms with Gasteiger partial charge in [-0.1, -0.05) is 0 Å². The second-order valence-electron chi connectivity index (χ2n) is 0.272. The van der Waals surface area contributed by atoms with Crippen molar-refractivity contribution in [2.45, 2.75) is 0 Å². The van der Waals surface area contributed by atoms with E-state index >= 15 is 0 Å². The van der Waals surface area contributed by atoms with E-state index in [2.05, 4.69) is 8.67 Å². The first-order valence-corrected chi connectivity index (χ1v) is 2.67. The van der Waals surface area contributed by atoms with Gasteiger partial charge in [0.05, 0.1) is 0 Å². The van der Waals surface area contributed by atoms with E-state index < -0.39 is 0 Å². The molecule has 32 valence electrons. The molecule has 0 saturated carbocycles. The fraction of sp³-hybridized carbons (Fsp3) is 0. The highest BCUT2D eigenvalue weighted by Crippen LogP contribution is 2.35. The fourth-order valence-corrected chi connectivity index (χ4v) is 0.250. The summed E-state index contributed by atoms with van der Waals surface area (Å²) < 4.78 is 8.20. The predicted octanol–water partition coefficient (Wildman–Crippen LogP) is 1.54. The Morgan fingerprint density at radius 2 is 1.20 bits per heavy atom. The van der Waals surface area contributed by atoms with Gasteiger partial charge >= 0.3 is 0 Å². The molecule has 0 atom stereocenters. The van der Waals surface area contributed by atoms with Crippen LogP contribution < -0.4 is 6.15 Å². The quantitative estimate of drug-likeness (QED) is 0.295. The zero-order valence-corrected chi connectivity index (χ0v) is 4.27. The van der Waals surface area contributed by atoms with Gasteiger partial charge in [-0.25, -0.2) is 0 Å². The summed E-state index contributed by atoms with van der Waals surface area (Å²) in [6, 6.07) is 0. The molecule has 1 aliphatic heterocycles. The molecule has 0 aliphatic carbocycles. The van der Waals surface area contributed by atoms with Crippen molar-refractivity contribution in [2.75, 3.05) is 0 Å². The lowest BCUT2D eigenvalue weighted by atomic mass is 14.0. The summed E-state index contributed by atoms with van der Waals surface area (Å²) >= 11 is 2.46. The zero-order valence-electron chi connectivity index (χ0n) is 2.63. The third-order valence-corrected chi connectivity index (χ3v) is 1.00. The van der Waals surface area contributed by atoms with Crippen molar-refractivity contribution in [1.82, 2.24) is 6.15 Å². The van der Waals surface area contributed by atoms with Gasteiger partial charge in [0.15, 0.2) is 0 Å². The van der Waals surface area contributed by atoms with Crippen LogP contribution >= 0.6 is 22.1 Å². The van der Waals surface area contributed by atoms with Gasteiger partial charge in [0, 0.05) is 0 Å². The van der Waals surface area contributed by atoms with Crippen LogP contribution in [0.3, 0.4) is 0 Å². The summed E-state index contributed by atoms with van der Waals surface area (Å²) in [5.74, 6) is 0. The fourth-order valence-electron chi connectivity index (χ4n) is 0.0278. The minimum atomic E-state index is 0. The van der Waals surface area contributed by atoms with Crippen LogP contribution in [0, 0.1) is 0 Å². The maximum Gasteiger partial charge on any atom is 0.136 e. The lowest BCUT2D eigenvalue weighted by molar-refractivity contribution is -0.0649. The van der Waals surface area contributed by atoms with Crippen LogP contribution in [0.1, 0.15) is 0 Å². The monoisotopic (exact) mass is 114 g/mol. The summed E-state index contributed by atoms with van der Waals surface area (Å²) in [4.78, 5) is 0. The van der Waals surface area contributed by atoms with Crippen LogP contribution in [-0.2, 0) is 8.67 Å². The van der Waals surface area contributed by atoms with E-state index in [1.807, 2.05) is 0 Å². The average molecular weight is 114 g/mol. The average Bonchev–Trinajstić information content (AvgIpc) is 0.722. The Bertz CT molecular complexity index is 15.6. The summed E-state index contributed by atoms with van der Waals surface area (Å²) in [6.07, 6.45) is 0. The third-order valence-electron chi connectivity index (χ3n) is 0.111. The summed E-state index contributed by atoms with van der Waals surface area (Å²) in [5, 5.41) is 0. The van der Waals surface area contributed by atoms with Crippen molar-refractivity contribution in [2.24, 2.45) is 0 Å². The van der Waals surface area contributed by atoms with E-state index in [0.717, 1.165) is 0 Å². The van der Waals surface area contributed by atoms with Crippen molar-refractivity contribution in [3.05, 3.63) is 0 Å². The highest BCUT2D eigenvalue weighted by Gasteiger charge is 2.01. The maximum absolute atomic E-state index is 4.10. The van der Waals surface area contributed by atoms with Gasteiger partial charge in [-0.05, 0) is 0 Å². The molecule has 1 heterocycles. The lowest BCUT2D eigenvalue weighted by Gasteiger charge is -2.01. The normalized spacial score (nSPS) is 19.2. The van der Waals surface area contributed by atoms with E-state index in [1.165, 1.54) is 22.1 Å². The molecule has 0 aromatic heterocycles. The zero-order chi connectivity index (χ0) is 2.83. The molecule has 1 saturated heterocycles. The Labute approximate surface area is 37.7 Å². The Morgan fingerprint density at radius 1 is 1.00 bits per heavy atom. The third kappa shape index (κ3) is 1.45. The SMILES string of the molecule is O1OSS1.[NH4+]. The molecule has 4 N–H and O–H groups in total. The number of hydrogen-bond acceptors (Lipinski definition) is 4. The predicted molar refractivity (Wildman–Crippen MR) is 23.3 cm³/mol. The smallest absolute Gasteiger partial charge is 0.136 e. The van der Waals surface area contributed by atoms with Crippen molar-refractivity contribution in [3.8, 4) is 0 Å². The van der Waals surface area contributed by atoms with Crippen molar-refractivity contribution < 1.29 is 8.67 Å². The second-order valence-corrected chi connectivity index (χ2v) is 1.63. The molecule has 1 rings (SSSR count). The van der Waals surface area contributed by atoms with E-state index in [1.54, 1.807) is 0 Å². The Morgan fingerprint density at radius 3 is 1.20 bits per heavy atom. The Balaban J connectivity index is 0.000000160. The van der Waals surface area contributed by atoms with Crippen molar-refractivity contribution >= 4 is 22.1 Å². The number of hydrogen-bond donors (Lipinski definition) is 1. The molecule has 1 fully saturated rings. The summed E-state index contributed by atoms with van der Waals surface area (Å²) in [5.41, 5.74) is 0. The van der Waals surface area contributed by atoms with E-state index in [0.29, 0.717) is 0 Å². The van der Waals surface area contributed by atoms with E-state index in [9.17, 15) is 0 Å². The molecule has 3 nitrogen and oxygen atoms in total. The van der Waals surface area contributed by atoms with Gasteiger partial charge in [-0.3, -0.25) is 0 Å². The molecule has 5 heavy (non-hydrogen) atoms. The van der Waals surface area contributed by atoms with E-state index in [4.69, 9.17) is 0 Å². The largest absolute Gasteiger partial charge is 0.369 e. The lowest BCUT2D eigenvalue weighted by Crippen LogP contribution is -1.77. The van der Waals surface area contributed by atoms with Gasteiger partial charge in [-0.15, -0.1) is 8.67 Å². The molecular weight excluding hydrogens is 110 g/mol. The van der Waals surface area contributed by atoms with Crippen LogP contribution in [0.4, 0.5) is 0 Å². The van der Waals surface area contributed by atoms with Gasteiger partial charge in [0.25, 0.3) is 0 Å².